The predicted octanol–water partition coefficient (Wildman–Crippen LogP) is 2.32. The van der Waals surface area contributed by atoms with Crippen molar-refractivity contribution >= 4 is 17.4 Å². The molecule has 0 bridgehead atoms. The highest BCUT2D eigenvalue weighted by Gasteiger charge is 2.17. The quantitative estimate of drug-likeness (QED) is 0.658. The average Bonchev–Trinajstić information content (AvgIpc) is 2.26. The number of aliphatic hydroxyl groups excluding tert-OH is 1. The van der Waals surface area contributed by atoms with Crippen molar-refractivity contribution in [3.63, 3.8) is 0 Å². The van der Waals surface area contributed by atoms with E-state index < -0.39 is 0 Å². The fourth-order valence-corrected chi connectivity index (χ4v) is 1.55. The summed E-state index contributed by atoms with van der Waals surface area (Å²) in [4.78, 5) is 11.3. The Morgan fingerprint density at radius 2 is 2.07 bits per heavy atom. The Balaban J connectivity index is 2.61. The number of carbonyl (C=O) groups is 1. The van der Waals surface area contributed by atoms with Crippen molar-refractivity contribution in [3.8, 4) is 0 Å². The number of amides is 1. The molecule has 0 aromatic heterocycles. The molecule has 0 saturated heterocycles. The monoisotopic (exact) mass is 189 g/mol. The lowest BCUT2D eigenvalue weighted by molar-refractivity contribution is -0.115. The van der Waals surface area contributed by atoms with E-state index in [4.69, 9.17) is 0 Å². The maximum absolute atomic E-state index is 11.3. The molecule has 0 atom stereocenters. The molecule has 0 radical (unpaired) electrons. The predicted molar refractivity (Wildman–Crippen MR) is 54.9 cm³/mol. The van der Waals surface area contributed by atoms with Crippen LogP contribution in [-0.4, -0.2) is 11.0 Å². The smallest absolute Gasteiger partial charge is 0.228 e. The number of hydrogen-bond donors (Lipinski definition) is 2. The molecule has 0 spiro atoms. The van der Waals surface area contributed by atoms with Crippen molar-refractivity contribution in [1.82, 2.24) is 0 Å². The molecule has 2 rings (SSSR count). The first-order chi connectivity index (χ1) is 6.68. The van der Waals surface area contributed by atoms with E-state index in [0.29, 0.717) is 16.8 Å². The van der Waals surface area contributed by atoms with Crippen molar-refractivity contribution < 1.29 is 9.90 Å². The standard InChI is InChI=1S/C11H11NO2/c1-7-6-10(13)12-9-5-3-2-4-8(9)11(7)14/h2-5,14H,6H2,1H3,(H,12,13). The van der Waals surface area contributed by atoms with Gasteiger partial charge in [-0.05, 0) is 24.6 Å². The number of anilines is 1. The van der Waals surface area contributed by atoms with Gasteiger partial charge in [-0.1, -0.05) is 12.1 Å². The van der Waals surface area contributed by atoms with Gasteiger partial charge in [0, 0.05) is 5.56 Å². The van der Waals surface area contributed by atoms with Gasteiger partial charge in [-0.25, -0.2) is 0 Å². The summed E-state index contributed by atoms with van der Waals surface area (Å²) in [7, 11) is 0. The summed E-state index contributed by atoms with van der Waals surface area (Å²) in [5, 5.41) is 12.6. The van der Waals surface area contributed by atoms with E-state index in [9.17, 15) is 9.90 Å². The molecule has 14 heavy (non-hydrogen) atoms. The van der Waals surface area contributed by atoms with E-state index in [-0.39, 0.29) is 18.1 Å². The van der Waals surface area contributed by atoms with Gasteiger partial charge in [0.1, 0.15) is 5.76 Å². The largest absolute Gasteiger partial charge is 0.507 e. The minimum absolute atomic E-state index is 0.0843. The van der Waals surface area contributed by atoms with E-state index in [1.807, 2.05) is 12.1 Å². The third kappa shape index (κ3) is 1.37. The third-order valence-corrected chi connectivity index (χ3v) is 2.29. The number of nitrogens with one attached hydrogen (secondary N) is 1. The minimum Gasteiger partial charge on any atom is -0.507 e. The fourth-order valence-electron chi connectivity index (χ4n) is 1.55. The lowest BCUT2D eigenvalue weighted by atomic mass is 10.1. The van der Waals surface area contributed by atoms with Crippen LogP contribution in [0.4, 0.5) is 5.69 Å². The maximum atomic E-state index is 11.3. The Morgan fingerprint density at radius 1 is 1.36 bits per heavy atom. The van der Waals surface area contributed by atoms with Crippen LogP contribution in [-0.2, 0) is 4.79 Å². The van der Waals surface area contributed by atoms with Gasteiger partial charge < -0.3 is 10.4 Å². The molecule has 72 valence electrons. The van der Waals surface area contributed by atoms with Crippen LogP contribution in [0.25, 0.3) is 5.76 Å². The first kappa shape index (κ1) is 8.81. The molecule has 1 aromatic carbocycles. The van der Waals surface area contributed by atoms with Crippen LogP contribution in [0.15, 0.2) is 29.8 Å². The van der Waals surface area contributed by atoms with Crippen LogP contribution < -0.4 is 5.32 Å². The molecular formula is C11H11NO2. The molecule has 0 unspecified atom stereocenters. The lowest BCUT2D eigenvalue weighted by Gasteiger charge is -2.05. The van der Waals surface area contributed by atoms with Crippen LogP contribution in [0.5, 0.6) is 0 Å². The van der Waals surface area contributed by atoms with Crippen LogP contribution in [0.2, 0.25) is 0 Å². The molecule has 1 amide bonds. The zero-order chi connectivity index (χ0) is 10.1. The normalized spacial score (nSPS) is 15.9. The lowest BCUT2D eigenvalue weighted by Crippen LogP contribution is -2.10. The number of para-hydroxylation sites is 1. The van der Waals surface area contributed by atoms with Crippen LogP contribution in [0, 0.1) is 0 Å². The van der Waals surface area contributed by atoms with Gasteiger partial charge in [0.05, 0.1) is 12.1 Å². The zero-order valence-corrected chi connectivity index (χ0v) is 7.87. The molecule has 3 nitrogen and oxygen atoms in total. The second-order valence-corrected chi connectivity index (χ2v) is 3.40. The molecule has 1 heterocycles. The fraction of sp³-hybridized carbons (Fsp3) is 0.182. The van der Waals surface area contributed by atoms with Gasteiger partial charge in [0.15, 0.2) is 0 Å². The van der Waals surface area contributed by atoms with Crippen molar-refractivity contribution in [2.75, 3.05) is 5.32 Å². The summed E-state index contributed by atoms with van der Waals surface area (Å²) in [6.45, 7) is 1.76. The van der Waals surface area contributed by atoms with E-state index in [1.54, 1.807) is 19.1 Å². The summed E-state index contributed by atoms with van der Waals surface area (Å²) < 4.78 is 0. The molecule has 3 heteroatoms. The molecule has 1 aliphatic heterocycles. The summed E-state index contributed by atoms with van der Waals surface area (Å²) in [5.41, 5.74) is 2.06. The summed E-state index contributed by atoms with van der Waals surface area (Å²) in [6, 6.07) is 7.23. The third-order valence-electron chi connectivity index (χ3n) is 2.29. The van der Waals surface area contributed by atoms with Crippen molar-refractivity contribution in [3.05, 3.63) is 35.4 Å². The van der Waals surface area contributed by atoms with Gasteiger partial charge in [0.25, 0.3) is 0 Å². The molecule has 1 aromatic rings. The second kappa shape index (κ2) is 3.18. The number of benzene rings is 1. The Hall–Kier alpha value is -1.77. The van der Waals surface area contributed by atoms with E-state index in [1.165, 1.54) is 0 Å². The molecule has 0 saturated carbocycles. The van der Waals surface area contributed by atoms with Gasteiger partial charge >= 0.3 is 0 Å². The van der Waals surface area contributed by atoms with Gasteiger partial charge in [-0.15, -0.1) is 0 Å². The van der Waals surface area contributed by atoms with Crippen LogP contribution in [0.3, 0.4) is 0 Å². The van der Waals surface area contributed by atoms with Gasteiger partial charge in [-0.3, -0.25) is 4.79 Å². The van der Waals surface area contributed by atoms with Crippen molar-refractivity contribution in [2.45, 2.75) is 13.3 Å². The summed E-state index contributed by atoms with van der Waals surface area (Å²) in [6.07, 6.45) is 0.251. The number of carbonyl (C=O) groups excluding carboxylic acids is 1. The molecular weight excluding hydrogens is 178 g/mol. The van der Waals surface area contributed by atoms with E-state index in [0.717, 1.165) is 0 Å². The van der Waals surface area contributed by atoms with Gasteiger partial charge in [-0.2, -0.15) is 0 Å². The number of rotatable bonds is 0. The summed E-state index contributed by atoms with van der Waals surface area (Å²) in [5.74, 6) is 0.123. The Kier molecular flexibility index (Phi) is 2.00. The van der Waals surface area contributed by atoms with Crippen molar-refractivity contribution in [1.29, 1.82) is 0 Å². The van der Waals surface area contributed by atoms with Crippen LogP contribution in [0.1, 0.15) is 18.9 Å². The topological polar surface area (TPSA) is 49.3 Å². The van der Waals surface area contributed by atoms with E-state index >= 15 is 0 Å². The minimum atomic E-state index is -0.0843. The molecule has 0 aliphatic carbocycles. The highest BCUT2D eigenvalue weighted by molar-refractivity contribution is 5.98. The number of hydrogen-bond acceptors (Lipinski definition) is 2. The Labute approximate surface area is 82.1 Å². The molecule has 1 aliphatic rings. The maximum Gasteiger partial charge on any atom is 0.228 e. The number of aliphatic hydroxyl groups is 1. The van der Waals surface area contributed by atoms with Crippen LogP contribution >= 0.6 is 0 Å². The number of fused-ring (bicyclic) bond motifs is 1. The van der Waals surface area contributed by atoms with Gasteiger partial charge in [0.2, 0.25) is 5.91 Å². The first-order valence-electron chi connectivity index (χ1n) is 4.46. The Morgan fingerprint density at radius 3 is 2.86 bits per heavy atom. The SMILES string of the molecule is CC1=C(O)c2ccccc2NC(=O)C1. The summed E-state index contributed by atoms with van der Waals surface area (Å²) >= 11 is 0. The highest BCUT2D eigenvalue weighted by atomic mass is 16.3. The zero-order valence-electron chi connectivity index (χ0n) is 7.87. The second-order valence-electron chi connectivity index (χ2n) is 3.40. The van der Waals surface area contributed by atoms with Crippen molar-refractivity contribution in [2.24, 2.45) is 0 Å². The van der Waals surface area contributed by atoms with E-state index in [2.05, 4.69) is 5.32 Å². The molecule has 2 N–H and O–H groups in total. The Bertz CT molecular complexity index is 421. The first-order valence-corrected chi connectivity index (χ1v) is 4.46. The highest BCUT2D eigenvalue weighted by Crippen LogP contribution is 2.28. The molecule has 0 fully saturated rings. The average molecular weight is 189 g/mol.